The fourth-order valence-corrected chi connectivity index (χ4v) is 0.933. The zero-order valence-corrected chi connectivity index (χ0v) is 7.64. The highest BCUT2D eigenvalue weighted by Gasteiger charge is 2.33. The highest BCUT2D eigenvalue weighted by molar-refractivity contribution is 5.13. The number of hydrogen-bond acceptors (Lipinski definition) is 2. The van der Waals surface area contributed by atoms with Gasteiger partial charge in [0.1, 0.15) is 0 Å². The van der Waals surface area contributed by atoms with Gasteiger partial charge in [-0.15, -0.1) is 0 Å². The SMILES string of the molecule is CC(C)c1cc(C(F)(F)F)nc(=O)[nH]1. The van der Waals surface area contributed by atoms with E-state index in [-0.39, 0.29) is 11.6 Å². The zero-order valence-electron chi connectivity index (χ0n) is 7.64. The Balaban J connectivity index is 3.28. The van der Waals surface area contributed by atoms with Gasteiger partial charge in [-0.3, -0.25) is 0 Å². The predicted octanol–water partition coefficient (Wildman–Crippen LogP) is 1.91. The maximum absolute atomic E-state index is 12.2. The minimum atomic E-state index is -4.57. The first kappa shape index (κ1) is 10.7. The van der Waals surface area contributed by atoms with Crippen LogP contribution in [0.25, 0.3) is 0 Å². The van der Waals surface area contributed by atoms with E-state index in [0.29, 0.717) is 0 Å². The van der Waals surface area contributed by atoms with E-state index in [1.807, 2.05) is 0 Å². The molecule has 0 fully saturated rings. The molecule has 0 radical (unpaired) electrons. The third-order valence-corrected chi connectivity index (χ3v) is 1.68. The Labute approximate surface area is 78.0 Å². The van der Waals surface area contributed by atoms with E-state index in [9.17, 15) is 18.0 Å². The summed E-state index contributed by atoms with van der Waals surface area (Å²) < 4.78 is 36.6. The molecular formula is C8H9F3N2O. The van der Waals surface area contributed by atoms with Gasteiger partial charge in [-0.1, -0.05) is 13.8 Å². The number of H-pyrrole nitrogens is 1. The van der Waals surface area contributed by atoms with Crippen molar-refractivity contribution < 1.29 is 13.2 Å². The van der Waals surface area contributed by atoms with Crippen LogP contribution >= 0.6 is 0 Å². The fourth-order valence-electron chi connectivity index (χ4n) is 0.933. The summed E-state index contributed by atoms with van der Waals surface area (Å²) in [5.41, 5.74) is -1.88. The molecule has 0 aliphatic rings. The second-order valence-corrected chi connectivity index (χ2v) is 3.18. The Morgan fingerprint density at radius 1 is 1.43 bits per heavy atom. The molecule has 0 unspecified atom stereocenters. The Hall–Kier alpha value is -1.33. The molecule has 0 saturated carbocycles. The first-order valence-electron chi connectivity index (χ1n) is 3.99. The van der Waals surface area contributed by atoms with Crippen molar-refractivity contribution in [1.29, 1.82) is 0 Å². The maximum atomic E-state index is 12.2. The van der Waals surface area contributed by atoms with Gasteiger partial charge in [0, 0.05) is 5.69 Å². The van der Waals surface area contributed by atoms with E-state index < -0.39 is 17.6 Å². The van der Waals surface area contributed by atoms with Crippen molar-refractivity contribution in [1.82, 2.24) is 9.97 Å². The van der Waals surface area contributed by atoms with Gasteiger partial charge in [0.2, 0.25) is 0 Å². The Kier molecular flexibility index (Phi) is 2.64. The zero-order chi connectivity index (χ0) is 10.9. The molecule has 1 heterocycles. The lowest BCUT2D eigenvalue weighted by Gasteiger charge is -2.08. The van der Waals surface area contributed by atoms with Crippen LogP contribution in [0.15, 0.2) is 10.9 Å². The minimum Gasteiger partial charge on any atom is -0.310 e. The molecular weight excluding hydrogens is 197 g/mol. The van der Waals surface area contributed by atoms with Gasteiger partial charge in [-0.2, -0.15) is 18.2 Å². The van der Waals surface area contributed by atoms with Crippen molar-refractivity contribution >= 4 is 0 Å². The van der Waals surface area contributed by atoms with Gasteiger partial charge in [-0.05, 0) is 12.0 Å². The topological polar surface area (TPSA) is 45.8 Å². The van der Waals surface area contributed by atoms with E-state index in [1.54, 1.807) is 13.8 Å². The average Bonchev–Trinajstić information content (AvgIpc) is 2.01. The Bertz CT molecular complexity index is 381. The van der Waals surface area contributed by atoms with Crippen LogP contribution in [0.3, 0.4) is 0 Å². The highest BCUT2D eigenvalue weighted by atomic mass is 19.4. The molecule has 6 heteroatoms. The van der Waals surface area contributed by atoms with E-state index in [4.69, 9.17) is 0 Å². The van der Waals surface area contributed by atoms with E-state index in [2.05, 4.69) is 9.97 Å². The number of nitrogens with one attached hydrogen (secondary N) is 1. The molecule has 0 aliphatic carbocycles. The highest BCUT2D eigenvalue weighted by Crippen LogP contribution is 2.27. The molecule has 1 aromatic heterocycles. The lowest BCUT2D eigenvalue weighted by atomic mass is 10.1. The average molecular weight is 206 g/mol. The summed E-state index contributed by atoms with van der Waals surface area (Å²) in [5.74, 6) is -0.174. The molecule has 78 valence electrons. The second-order valence-electron chi connectivity index (χ2n) is 3.18. The standard InChI is InChI=1S/C8H9F3N2O/c1-4(2)5-3-6(8(9,10)11)13-7(14)12-5/h3-4H,1-2H3,(H,12,13,14). The van der Waals surface area contributed by atoms with Crippen LogP contribution in [-0.2, 0) is 6.18 Å². The summed E-state index contributed by atoms with van der Waals surface area (Å²) in [6.07, 6.45) is -4.57. The normalized spacial score (nSPS) is 12.1. The van der Waals surface area contributed by atoms with Crippen molar-refractivity contribution in [3.63, 3.8) is 0 Å². The molecule has 1 N–H and O–H groups in total. The van der Waals surface area contributed by atoms with Gasteiger partial charge >= 0.3 is 11.9 Å². The van der Waals surface area contributed by atoms with Gasteiger partial charge in [0.15, 0.2) is 5.69 Å². The molecule has 0 aliphatic heterocycles. The van der Waals surface area contributed by atoms with Crippen LogP contribution in [0.4, 0.5) is 13.2 Å². The molecule has 0 spiro atoms. The Morgan fingerprint density at radius 2 is 2.00 bits per heavy atom. The molecule has 3 nitrogen and oxygen atoms in total. The summed E-state index contributed by atoms with van der Waals surface area (Å²) in [6.45, 7) is 3.37. The summed E-state index contributed by atoms with van der Waals surface area (Å²) in [6, 6.07) is 0.853. The molecule has 1 rings (SSSR count). The number of hydrogen-bond donors (Lipinski definition) is 1. The largest absolute Gasteiger partial charge is 0.433 e. The predicted molar refractivity (Wildman–Crippen MR) is 43.9 cm³/mol. The summed E-state index contributed by atoms with van der Waals surface area (Å²) >= 11 is 0. The van der Waals surface area contributed by atoms with Gasteiger partial charge in [0.05, 0.1) is 0 Å². The molecule has 0 bridgehead atoms. The van der Waals surface area contributed by atoms with Gasteiger partial charge in [-0.25, -0.2) is 4.79 Å². The second kappa shape index (κ2) is 3.43. The van der Waals surface area contributed by atoms with Gasteiger partial charge < -0.3 is 4.98 Å². The van der Waals surface area contributed by atoms with Crippen molar-refractivity contribution in [3.8, 4) is 0 Å². The molecule has 0 atom stereocenters. The van der Waals surface area contributed by atoms with Crippen molar-refractivity contribution in [2.75, 3.05) is 0 Å². The molecule has 0 saturated heterocycles. The fraction of sp³-hybridized carbons (Fsp3) is 0.500. The Morgan fingerprint density at radius 3 is 2.43 bits per heavy atom. The monoisotopic (exact) mass is 206 g/mol. The van der Waals surface area contributed by atoms with Crippen LogP contribution in [0.5, 0.6) is 0 Å². The summed E-state index contributed by atoms with van der Waals surface area (Å²) in [5, 5.41) is 0. The quantitative estimate of drug-likeness (QED) is 0.762. The first-order valence-corrected chi connectivity index (χ1v) is 3.99. The number of rotatable bonds is 1. The molecule has 14 heavy (non-hydrogen) atoms. The molecule has 0 aromatic carbocycles. The third kappa shape index (κ3) is 2.34. The third-order valence-electron chi connectivity index (χ3n) is 1.68. The number of nitrogens with zero attached hydrogens (tertiary/aromatic N) is 1. The van der Waals surface area contributed by atoms with E-state index >= 15 is 0 Å². The van der Waals surface area contributed by atoms with Crippen LogP contribution < -0.4 is 5.69 Å². The van der Waals surface area contributed by atoms with Crippen molar-refractivity contribution in [2.45, 2.75) is 25.9 Å². The van der Waals surface area contributed by atoms with E-state index in [1.165, 1.54) is 0 Å². The number of aromatic nitrogens is 2. The van der Waals surface area contributed by atoms with Crippen molar-refractivity contribution in [2.24, 2.45) is 0 Å². The lowest BCUT2D eigenvalue weighted by molar-refractivity contribution is -0.141. The smallest absolute Gasteiger partial charge is 0.310 e. The molecule has 0 amide bonds. The van der Waals surface area contributed by atoms with Crippen LogP contribution in [0.1, 0.15) is 31.2 Å². The minimum absolute atomic E-state index is 0.174. The van der Waals surface area contributed by atoms with Crippen LogP contribution in [-0.4, -0.2) is 9.97 Å². The first-order chi connectivity index (χ1) is 6.30. The lowest BCUT2D eigenvalue weighted by Crippen LogP contribution is -2.20. The summed E-state index contributed by atoms with van der Waals surface area (Å²) in [7, 11) is 0. The maximum Gasteiger partial charge on any atom is 0.433 e. The van der Waals surface area contributed by atoms with E-state index in [0.717, 1.165) is 6.07 Å². The number of aromatic amines is 1. The summed E-state index contributed by atoms with van der Waals surface area (Å²) in [4.78, 5) is 15.9. The molecule has 1 aromatic rings. The van der Waals surface area contributed by atoms with Gasteiger partial charge in [0.25, 0.3) is 0 Å². The number of halogens is 3. The number of alkyl halides is 3. The van der Waals surface area contributed by atoms with Crippen LogP contribution in [0, 0.1) is 0 Å². The van der Waals surface area contributed by atoms with Crippen molar-refractivity contribution in [3.05, 3.63) is 27.9 Å². The van der Waals surface area contributed by atoms with Crippen LogP contribution in [0.2, 0.25) is 0 Å².